The highest BCUT2D eigenvalue weighted by Crippen LogP contribution is 2.16. The molecule has 0 N–H and O–H groups in total. The fraction of sp³-hybridized carbons (Fsp3) is 0.400. The summed E-state index contributed by atoms with van der Waals surface area (Å²) < 4.78 is 14.6. The van der Waals surface area contributed by atoms with E-state index < -0.39 is 12.3 Å². The van der Waals surface area contributed by atoms with E-state index in [-0.39, 0.29) is 5.69 Å². The van der Waals surface area contributed by atoms with E-state index in [1.807, 2.05) is 0 Å². The molecule has 0 aromatic carbocycles. The fourth-order valence-corrected chi connectivity index (χ4v) is 1.14. The summed E-state index contributed by atoms with van der Waals surface area (Å²) in [6.45, 7) is 0. The van der Waals surface area contributed by atoms with Gasteiger partial charge in [-0.1, -0.05) is 0 Å². The summed E-state index contributed by atoms with van der Waals surface area (Å²) in [6.07, 6.45) is 1.05. The maximum absolute atomic E-state index is 11.1. The van der Waals surface area contributed by atoms with Gasteiger partial charge in [0.05, 0.1) is 7.11 Å². The third-order valence-corrected chi connectivity index (χ3v) is 1.88. The number of esters is 1. The maximum atomic E-state index is 11.1. The van der Waals surface area contributed by atoms with Crippen molar-refractivity contribution in [2.75, 3.05) is 21.3 Å². The van der Waals surface area contributed by atoms with Crippen LogP contribution in [0.5, 0.6) is 0 Å². The molecule has 0 aliphatic rings. The van der Waals surface area contributed by atoms with E-state index >= 15 is 0 Å². The first kappa shape index (κ1) is 11.6. The molecule has 5 nitrogen and oxygen atoms in total. The first-order valence-electron chi connectivity index (χ1n) is 4.32. The first-order valence-corrected chi connectivity index (χ1v) is 4.32. The zero-order chi connectivity index (χ0) is 11.3. The van der Waals surface area contributed by atoms with Gasteiger partial charge in [-0.25, -0.2) is 9.78 Å². The molecular formula is C10H13NO4. The molecular weight excluding hydrogens is 198 g/mol. The zero-order valence-corrected chi connectivity index (χ0v) is 8.89. The van der Waals surface area contributed by atoms with Gasteiger partial charge in [0.2, 0.25) is 0 Å². The van der Waals surface area contributed by atoms with Crippen molar-refractivity contribution in [2.45, 2.75) is 6.29 Å². The number of ether oxygens (including phenoxy) is 3. The number of hydrogen-bond acceptors (Lipinski definition) is 5. The lowest BCUT2D eigenvalue weighted by molar-refractivity contribution is -0.106. The van der Waals surface area contributed by atoms with Gasteiger partial charge in [0, 0.05) is 26.0 Å². The smallest absolute Gasteiger partial charge is 0.356 e. The van der Waals surface area contributed by atoms with Gasteiger partial charge in [-0.05, 0) is 12.1 Å². The summed E-state index contributed by atoms with van der Waals surface area (Å²) in [4.78, 5) is 15.0. The van der Waals surface area contributed by atoms with Gasteiger partial charge >= 0.3 is 5.97 Å². The van der Waals surface area contributed by atoms with Crippen LogP contribution in [0.3, 0.4) is 0 Å². The third kappa shape index (κ3) is 2.74. The van der Waals surface area contributed by atoms with Crippen molar-refractivity contribution < 1.29 is 19.0 Å². The predicted molar refractivity (Wildman–Crippen MR) is 52.3 cm³/mol. The van der Waals surface area contributed by atoms with Gasteiger partial charge in [-0.3, -0.25) is 0 Å². The van der Waals surface area contributed by atoms with Crippen LogP contribution in [-0.4, -0.2) is 32.3 Å². The van der Waals surface area contributed by atoms with E-state index in [1.54, 1.807) is 12.1 Å². The van der Waals surface area contributed by atoms with Crippen molar-refractivity contribution >= 4 is 5.97 Å². The summed E-state index contributed by atoms with van der Waals surface area (Å²) >= 11 is 0. The monoisotopic (exact) mass is 211 g/mol. The summed E-state index contributed by atoms with van der Waals surface area (Å²) in [7, 11) is 4.37. The highest BCUT2D eigenvalue weighted by Gasteiger charge is 2.11. The molecule has 0 fully saturated rings. The summed E-state index contributed by atoms with van der Waals surface area (Å²) in [5, 5.41) is 0. The standard InChI is InChI=1S/C10H13NO4/c1-13-9(12)8-5-4-7(6-11-8)10(14-2)15-3/h4-6,10H,1-3H3. The van der Waals surface area contributed by atoms with Gasteiger partial charge in [-0.2, -0.15) is 0 Å². The second kappa shape index (κ2) is 5.43. The largest absolute Gasteiger partial charge is 0.464 e. The van der Waals surface area contributed by atoms with Crippen LogP contribution in [0.4, 0.5) is 0 Å². The molecule has 0 spiro atoms. The SMILES string of the molecule is COC(=O)c1ccc(C(OC)OC)cn1. The molecule has 0 aliphatic heterocycles. The Morgan fingerprint density at radius 1 is 1.27 bits per heavy atom. The van der Waals surface area contributed by atoms with Gasteiger partial charge < -0.3 is 14.2 Å². The summed E-state index contributed by atoms with van der Waals surface area (Å²) in [5.74, 6) is -0.465. The molecule has 1 rings (SSSR count). The minimum absolute atomic E-state index is 0.257. The fourth-order valence-electron chi connectivity index (χ4n) is 1.14. The van der Waals surface area contributed by atoms with E-state index in [2.05, 4.69) is 9.72 Å². The van der Waals surface area contributed by atoms with Crippen molar-refractivity contribution in [3.63, 3.8) is 0 Å². The molecule has 82 valence electrons. The molecule has 0 unspecified atom stereocenters. The quantitative estimate of drug-likeness (QED) is 0.552. The molecule has 0 amide bonds. The Morgan fingerprint density at radius 3 is 2.33 bits per heavy atom. The van der Waals surface area contributed by atoms with E-state index in [9.17, 15) is 4.79 Å². The predicted octanol–water partition coefficient (Wildman–Crippen LogP) is 1.16. The normalized spacial score (nSPS) is 10.4. The van der Waals surface area contributed by atoms with E-state index in [0.717, 1.165) is 5.56 Å². The first-order chi connectivity index (χ1) is 7.22. The Kier molecular flexibility index (Phi) is 4.20. The Hall–Kier alpha value is -1.46. The Bertz CT molecular complexity index is 319. The molecule has 5 heteroatoms. The van der Waals surface area contributed by atoms with Crippen molar-refractivity contribution in [3.8, 4) is 0 Å². The second-order valence-electron chi connectivity index (χ2n) is 2.77. The minimum atomic E-state index is -0.468. The van der Waals surface area contributed by atoms with Crippen molar-refractivity contribution in [2.24, 2.45) is 0 Å². The van der Waals surface area contributed by atoms with Gasteiger partial charge in [0.1, 0.15) is 5.69 Å². The van der Waals surface area contributed by atoms with Crippen molar-refractivity contribution in [1.29, 1.82) is 0 Å². The average Bonchev–Trinajstić information content (AvgIpc) is 2.30. The number of carbonyl (C=O) groups is 1. The number of methoxy groups -OCH3 is 3. The Labute approximate surface area is 88.0 Å². The Balaban J connectivity index is 2.84. The molecule has 0 aliphatic carbocycles. The molecule has 0 bridgehead atoms. The number of rotatable bonds is 4. The number of aromatic nitrogens is 1. The lowest BCUT2D eigenvalue weighted by Crippen LogP contribution is -2.07. The molecule has 1 heterocycles. The lowest BCUT2D eigenvalue weighted by Gasteiger charge is -2.12. The molecule has 0 saturated carbocycles. The zero-order valence-electron chi connectivity index (χ0n) is 8.89. The molecule has 0 radical (unpaired) electrons. The van der Waals surface area contributed by atoms with E-state index in [4.69, 9.17) is 9.47 Å². The van der Waals surface area contributed by atoms with Crippen molar-refractivity contribution in [3.05, 3.63) is 29.6 Å². The van der Waals surface area contributed by atoms with Crippen molar-refractivity contribution in [1.82, 2.24) is 4.98 Å². The van der Waals surface area contributed by atoms with Crippen LogP contribution < -0.4 is 0 Å². The molecule has 15 heavy (non-hydrogen) atoms. The van der Waals surface area contributed by atoms with Gasteiger partial charge in [0.15, 0.2) is 6.29 Å². The van der Waals surface area contributed by atoms with Gasteiger partial charge in [-0.15, -0.1) is 0 Å². The molecule has 1 aromatic heterocycles. The van der Waals surface area contributed by atoms with Crippen LogP contribution >= 0.6 is 0 Å². The second-order valence-corrected chi connectivity index (χ2v) is 2.77. The van der Waals surface area contributed by atoms with Crippen LogP contribution in [0.1, 0.15) is 22.3 Å². The third-order valence-electron chi connectivity index (χ3n) is 1.88. The van der Waals surface area contributed by atoms with Crippen LogP contribution in [0.25, 0.3) is 0 Å². The van der Waals surface area contributed by atoms with Gasteiger partial charge in [0.25, 0.3) is 0 Å². The van der Waals surface area contributed by atoms with E-state index in [1.165, 1.54) is 27.5 Å². The average molecular weight is 211 g/mol. The van der Waals surface area contributed by atoms with Crippen LogP contribution in [0.15, 0.2) is 18.3 Å². The number of nitrogens with zero attached hydrogens (tertiary/aromatic N) is 1. The number of pyridine rings is 1. The molecule has 0 saturated heterocycles. The number of carbonyl (C=O) groups excluding carboxylic acids is 1. The van der Waals surface area contributed by atoms with Crippen LogP contribution in [0, 0.1) is 0 Å². The highest BCUT2D eigenvalue weighted by atomic mass is 16.7. The summed E-state index contributed by atoms with van der Waals surface area (Å²) in [5.41, 5.74) is 1.000. The molecule has 1 aromatic rings. The lowest BCUT2D eigenvalue weighted by atomic mass is 10.2. The maximum Gasteiger partial charge on any atom is 0.356 e. The van der Waals surface area contributed by atoms with Crippen LogP contribution in [-0.2, 0) is 14.2 Å². The molecule has 0 atom stereocenters. The Morgan fingerprint density at radius 2 is 1.93 bits per heavy atom. The number of hydrogen-bond donors (Lipinski definition) is 0. The minimum Gasteiger partial charge on any atom is -0.464 e. The topological polar surface area (TPSA) is 57.7 Å². The highest BCUT2D eigenvalue weighted by molar-refractivity contribution is 5.86. The van der Waals surface area contributed by atoms with Crippen LogP contribution in [0.2, 0.25) is 0 Å². The van der Waals surface area contributed by atoms with E-state index in [0.29, 0.717) is 0 Å². The summed E-state index contributed by atoms with van der Waals surface area (Å²) in [6, 6.07) is 3.27.